The minimum Gasteiger partial charge on any atom is -0.351 e. The number of likely N-dealkylation sites (tertiary alicyclic amines) is 1. The maximum absolute atomic E-state index is 10.8. The van der Waals surface area contributed by atoms with Crippen LogP contribution in [0.5, 0.6) is 0 Å². The number of aliphatic imine (C=N–C) groups is 1. The minimum atomic E-state index is 0.0249. The molecular formula is C7H10N2OS. The molecule has 0 aromatic carbocycles. The third-order valence-corrected chi connectivity index (χ3v) is 2.92. The van der Waals surface area contributed by atoms with Gasteiger partial charge in [-0.05, 0) is 12.8 Å². The molecule has 60 valence electrons. The second-order valence-corrected chi connectivity index (χ2v) is 3.71. The van der Waals surface area contributed by atoms with Crippen molar-refractivity contribution in [2.24, 2.45) is 4.99 Å². The zero-order chi connectivity index (χ0) is 7.68. The first-order chi connectivity index (χ1) is 5.36. The molecule has 0 aromatic heterocycles. The van der Waals surface area contributed by atoms with Crippen molar-refractivity contribution in [2.75, 3.05) is 18.8 Å². The van der Waals surface area contributed by atoms with Gasteiger partial charge < -0.3 is 4.90 Å². The van der Waals surface area contributed by atoms with Crippen LogP contribution in [0.15, 0.2) is 4.99 Å². The Morgan fingerprint density at radius 2 is 2.09 bits per heavy atom. The highest BCUT2D eigenvalue weighted by Gasteiger charge is 2.22. The summed E-state index contributed by atoms with van der Waals surface area (Å²) >= 11 is 1.57. The van der Waals surface area contributed by atoms with Crippen LogP contribution in [0.1, 0.15) is 12.8 Å². The summed E-state index contributed by atoms with van der Waals surface area (Å²) in [5.41, 5.74) is 0. The molecule has 2 rings (SSSR count). The van der Waals surface area contributed by atoms with Crippen LogP contribution in [0.4, 0.5) is 0 Å². The second-order valence-electron chi connectivity index (χ2n) is 2.77. The third kappa shape index (κ3) is 1.40. The highest BCUT2D eigenvalue weighted by atomic mass is 32.2. The Labute approximate surface area is 69.9 Å². The van der Waals surface area contributed by atoms with Gasteiger partial charge in [-0.15, -0.1) is 0 Å². The van der Waals surface area contributed by atoms with Gasteiger partial charge in [-0.1, -0.05) is 11.8 Å². The fourth-order valence-electron chi connectivity index (χ4n) is 1.37. The number of thioether (sulfide) groups is 1. The van der Waals surface area contributed by atoms with Gasteiger partial charge in [0.15, 0.2) is 5.17 Å². The number of rotatable bonds is 0. The Balaban J connectivity index is 2.04. The van der Waals surface area contributed by atoms with Crippen molar-refractivity contribution < 1.29 is 4.79 Å². The summed E-state index contributed by atoms with van der Waals surface area (Å²) in [7, 11) is 0. The van der Waals surface area contributed by atoms with Crippen molar-refractivity contribution >= 4 is 22.8 Å². The van der Waals surface area contributed by atoms with E-state index in [1.54, 1.807) is 11.8 Å². The first-order valence-electron chi connectivity index (χ1n) is 3.85. The SMILES string of the molecule is O=C1CSC(N2CCCC2)=N1. The first-order valence-corrected chi connectivity index (χ1v) is 4.84. The molecule has 3 nitrogen and oxygen atoms in total. The van der Waals surface area contributed by atoms with Crippen molar-refractivity contribution in [2.45, 2.75) is 12.8 Å². The Kier molecular flexibility index (Phi) is 1.85. The predicted molar refractivity (Wildman–Crippen MR) is 45.7 cm³/mol. The molecule has 1 fully saturated rings. The fraction of sp³-hybridized carbons (Fsp3) is 0.714. The van der Waals surface area contributed by atoms with Crippen molar-refractivity contribution in [3.05, 3.63) is 0 Å². The first kappa shape index (κ1) is 7.16. The standard InChI is InChI=1S/C7H10N2OS/c10-6-5-11-7(8-6)9-3-1-2-4-9/h1-5H2. The number of hydrogen-bond acceptors (Lipinski definition) is 3. The monoisotopic (exact) mass is 170 g/mol. The van der Waals surface area contributed by atoms with Gasteiger partial charge >= 0.3 is 0 Å². The van der Waals surface area contributed by atoms with Crippen LogP contribution in [-0.2, 0) is 4.79 Å². The number of carbonyl (C=O) groups excluding carboxylic acids is 1. The van der Waals surface area contributed by atoms with Crippen LogP contribution in [0.2, 0.25) is 0 Å². The van der Waals surface area contributed by atoms with E-state index in [2.05, 4.69) is 9.89 Å². The number of nitrogens with zero attached hydrogens (tertiary/aromatic N) is 2. The third-order valence-electron chi connectivity index (χ3n) is 1.92. The second kappa shape index (κ2) is 2.85. The molecule has 0 unspecified atom stereocenters. The molecule has 0 aliphatic carbocycles. The lowest BCUT2D eigenvalue weighted by molar-refractivity contribution is -0.115. The van der Waals surface area contributed by atoms with E-state index in [-0.39, 0.29) is 5.91 Å². The largest absolute Gasteiger partial charge is 0.351 e. The lowest BCUT2D eigenvalue weighted by Crippen LogP contribution is -2.23. The van der Waals surface area contributed by atoms with Crippen LogP contribution < -0.4 is 0 Å². The van der Waals surface area contributed by atoms with Crippen molar-refractivity contribution in [1.29, 1.82) is 0 Å². The van der Waals surface area contributed by atoms with Crippen molar-refractivity contribution in [3.8, 4) is 0 Å². The summed E-state index contributed by atoms with van der Waals surface area (Å²) in [6, 6.07) is 0. The van der Waals surface area contributed by atoms with Crippen molar-refractivity contribution in [1.82, 2.24) is 4.90 Å². The molecule has 0 spiro atoms. The summed E-state index contributed by atoms with van der Waals surface area (Å²) in [6.07, 6.45) is 2.49. The van der Waals surface area contributed by atoms with E-state index in [1.165, 1.54) is 12.8 Å². The van der Waals surface area contributed by atoms with E-state index in [1.807, 2.05) is 0 Å². The lowest BCUT2D eigenvalue weighted by atomic mass is 10.4. The van der Waals surface area contributed by atoms with E-state index in [9.17, 15) is 4.79 Å². The highest BCUT2D eigenvalue weighted by Crippen LogP contribution is 2.20. The van der Waals surface area contributed by atoms with Gasteiger partial charge in [0.05, 0.1) is 5.75 Å². The van der Waals surface area contributed by atoms with E-state index in [4.69, 9.17) is 0 Å². The molecule has 2 aliphatic rings. The Morgan fingerprint density at radius 3 is 2.64 bits per heavy atom. The van der Waals surface area contributed by atoms with E-state index >= 15 is 0 Å². The summed E-state index contributed by atoms with van der Waals surface area (Å²) in [5, 5.41) is 0.951. The molecule has 2 heterocycles. The normalized spacial score (nSPS) is 24.5. The average Bonchev–Trinajstić information content (AvgIpc) is 2.55. The summed E-state index contributed by atoms with van der Waals surface area (Å²) in [5.74, 6) is 0.572. The molecule has 11 heavy (non-hydrogen) atoms. The van der Waals surface area contributed by atoms with Gasteiger partial charge in [-0.2, -0.15) is 4.99 Å². The van der Waals surface area contributed by atoms with Crippen LogP contribution in [0.25, 0.3) is 0 Å². The number of carbonyl (C=O) groups is 1. The topological polar surface area (TPSA) is 32.7 Å². The van der Waals surface area contributed by atoms with E-state index < -0.39 is 0 Å². The van der Waals surface area contributed by atoms with Gasteiger partial charge in [-0.3, -0.25) is 4.79 Å². The quantitative estimate of drug-likeness (QED) is 0.537. The molecule has 1 amide bonds. The maximum atomic E-state index is 10.8. The van der Waals surface area contributed by atoms with Gasteiger partial charge in [0.25, 0.3) is 5.91 Å². The van der Waals surface area contributed by atoms with Crippen LogP contribution in [0, 0.1) is 0 Å². The molecule has 0 saturated carbocycles. The minimum absolute atomic E-state index is 0.0249. The molecule has 0 aromatic rings. The molecule has 1 saturated heterocycles. The molecule has 0 N–H and O–H groups in total. The Bertz CT molecular complexity index is 208. The van der Waals surface area contributed by atoms with Gasteiger partial charge in [-0.25, -0.2) is 0 Å². The average molecular weight is 170 g/mol. The van der Waals surface area contributed by atoms with Gasteiger partial charge in [0, 0.05) is 13.1 Å². The van der Waals surface area contributed by atoms with Crippen LogP contribution >= 0.6 is 11.8 Å². The van der Waals surface area contributed by atoms with Crippen LogP contribution in [-0.4, -0.2) is 34.8 Å². The molecule has 0 bridgehead atoms. The lowest BCUT2D eigenvalue weighted by Gasteiger charge is -2.14. The maximum Gasteiger partial charge on any atom is 0.258 e. The fourth-order valence-corrected chi connectivity index (χ4v) is 2.22. The number of hydrogen-bond donors (Lipinski definition) is 0. The summed E-state index contributed by atoms with van der Waals surface area (Å²) in [4.78, 5) is 16.9. The van der Waals surface area contributed by atoms with Crippen molar-refractivity contribution in [3.63, 3.8) is 0 Å². The van der Waals surface area contributed by atoms with Gasteiger partial charge in [0.2, 0.25) is 0 Å². The Hall–Kier alpha value is -0.510. The van der Waals surface area contributed by atoms with Crippen LogP contribution in [0.3, 0.4) is 0 Å². The predicted octanol–water partition coefficient (Wildman–Crippen LogP) is 0.712. The summed E-state index contributed by atoms with van der Waals surface area (Å²) in [6.45, 7) is 2.16. The zero-order valence-electron chi connectivity index (χ0n) is 6.25. The molecule has 0 atom stereocenters. The Morgan fingerprint density at radius 1 is 1.36 bits per heavy atom. The summed E-state index contributed by atoms with van der Waals surface area (Å²) < 4.78 is 0. The number of amidine groups is 1. The highest BCUT2D eigenvalue weighted by molar-refractivity contribution is 8.14. The smallest absolute Gasteiger partial charge is 0.258 e. The molecule has 2 aliphatic heterocycles. The van der Waals surface area contributed by atoms with E-state index in [0.29, 0.717) is 5.75 Å². The number of amides is 1. The zero-order valence-corrected chi connectivity index (χ0v) is 7.06. The molecular weight excluding hydrogens is 160 g/mol. The van der Waals surface area contributed by atoms with Gasteiger partial charge in [0.1, 0.15) is 0 Å². The molecule has 4 heteroatoms. The van der Waals surface area contributed by atoms with E-state index in [0.717, 1.165) is 18.3 Å². The molecule has 0 radical (unpaired) electrons.